The van der Waals surface area contributed by atoms with Gasteiger partial charge in [0.25, 0.3) is 5.56 Å². The molecule has 1 saturated heterocycles. The van der Waals surface area contributed by atoms with Gasteiger partial charge in [-0.2, -0.15) is 0 Å². The smallest absolute Gasteiger partial charge is 0.252 e. The first-order valence-corrected chi connectivity index (χ1v) is 6.77. The van der Waals surface area contributed by atoms with Gasteiger partial charge in [0, 0.05) is 12.3 Å². The number of hydrogen-bond acceptors (Lipinski definition) is 7. The first kappa shape index (κ1) is 15.2. The number of aliphatic hydroxyl groups is 3. The molecule has 0 saturated carbocycles. The number of fused-ring (bicyclic) bond motifs is 1. The summed E-state index contributed by atoms with van der Waals surface area (Å²) in [7, 11) is 0. The van der Waals surface area contributed by atoms with Crippen LogP contribution in [-0.4, -0.2) is 54.8 Å². The van der Waals surface area contributed by atoms with Crippen LogP contribution in [0.3, 0.4) is 0 Å². The number of halogens is 1. The zero-order valence-corrected chi connectivity index (χ0v) is 11.8. The van der Waals surface area contributed by atoms with Crippen molar-refractivity contribution in [2.45, 2.75) is 24.5 Å². The summed E-state index contributed by atoms with van der Waals surface area (Å²) in [5.41, 5.74) is -0.685. The van der Waals surface area contributed by atoms with Gasteiger partial charge >= 0.3 is 0 Å². The lowest BCUT2D eigenvalue weighted by Crippen LogP contribution is -2.33. The topological polar surface area (TPSA) is 121 Å². The summed E-state index contributed by atoms with van der Waals surface area (Å²) in [4.78, 5) is 17.5. The molecule has 10 heteroatoms. The van der Waals surface area contributed by atoms with Crippen LogP contribution in [0.15, 0.2) is 17.1 Å². The number of nitrogens with zero attached hydrogens (tertiary/aromatic N) is 2. The summed E-state index contributed by atoms with van der Waals surface area (Å²) >= 11 is 5.04. The second-order valence-electron chi connectivity index (χ2n) is 4.90. The minimum Gasteiger partial charge on any atom is -0.394 e. The molecule has 118 valence electrons. The SMILES string of the molecule is O=c1cc(F)c2cn([C@@H]3O[C@H](CO)C(O)C3O)c(=S)nc2[nH]1. The van der Waals surface area contributed by atoms with Gasteiger partial charge in [-0.25, -0.2) is 9.37 Å². The van der Waals surface area contributed by atoms with Crippen LogP contribution in [0.2, 0.25) is 0 Å². The van der Waals surface area contributed by atoms with E-state index in [4.69, 9.17) is 22.1 Å². The number of hydrogen-bond donors (Lipinski definition) is 4. The monoisotopic (exact) mass is 329 g/mol. The van der Waals surface area contributed by atoms with Crippen LogP contribution in [0.4, 0.5) is 4.39 Å². The molecule has 1 aliphatic heterocycles. The molecule has 0 amide bonds. The largest absolute Gasteiger partial charge is 0.394 e. The zero-order chi connectivity index (χ0) is 16.0. The summed E-state index contributed by atoms with van der Waals surface area (Å²) in [5, 5.41) is 28.8. The van der Waals surface area contributed by atoms with E-state index in [2.05, 4.69) is 9.97 Å². The fourth-order valence-corrected chi connectivity index (χ4v) is 2.62. The highest BCUT2D eigenvalue weighted by molar-refractivity contribution is 7.71. The minimum atomic E-state index is -1.37. The van der Waals surface area contributed by atoms with E-state index in [-0.39, 0.29) is 15.8 Å². The first-order chi connectivity index (χ1) is 10.4. The Morgan fingerprint density at radius 1 is 1.45 bits per heavy atom. The van der Waals surface area contributed by atoms with Gasteiger partial charge in [-0.05, 0) is 12.2 Å². The van der Waals surface area contributed by atoms with E-state index >= 15 is 0 Å². The first-order valence-electron chi connectivity index (χ1n) is 6.36. The molecule has 1 fully saturated rings. The van der Waals surface area contributed by atoms with Crippen LogP contribution in [0.25, 0.3) is 11.0 Å². The van der Waals surface area contributed by atoms with Crippen molar-refractivity contribution in [1.82, 2.24) is 14.5 Å². The third kappa shape index (κ3) is 2.34. The molecule has 0 radical (unpaired) electrons. The van der Waals surface area contributed by atoms with E-state index in [0.717, 1.165) is 6.07 Å². The van der Waals surface area contributed by atoms with Gasteiger partial charge in [0.2, 0.25) is 4.77 Å². The van der Waals surface area contributed by atoms with Crippen LogP contribution in [0, 0.1) is 10.6 Å². The molecule has 4 N–H and O–H groups in total. The Hall–Kier alpha value is -1.72. The normalized spacial score (nSPS) is 28.4. The summed E-state index contributed by atoms with van der Waals surface area (Å²) in [5.74, 6) is -0.804. The quantitative estimate of drug-likeness (QED) is 0.533. The molecule has 1 aliphatic rings. The average molecular weight is 329 g/mol. The van der Waals surface area contributed by atoms with Crippen molar-refractivity contribution in [2.24, 2.45) is 0 Å². The van der Waals surface area contributed by atoms with E-state index < -0.39 is 42.5 Å². The van der Waals surface area contributed by atoms with E-state index in [1.54, 1.807) is 0 Å². The van der Waals surface area contributed by atoms with Gasteiger partial charge in [0.1, 0.15) is 29.8 Å². The minimum absolute atomic E-state index is 0.0223. The summed E-state index contributed by atoms with van der Waals surface area (Å²) < 4.78 is 20.3. The van der Waals surface area contributed by atoms with Crippen molar-refractivity contribution in [1.29, 1.82) is 0 Å². The van der Waals surface area contributed by atoms with Crippen molar-refractivity contribution in [3.63, 3.8) is 0 Å². The molecule has 2 aromatic rings. The average Bonchev–Trinajstić information content (AvgIpc) is 2.74. The second-order valence-corrected chi connectivity index (χ2v) is 5.27. The van der Waals surface area contributed by atoms with Crippen LogP contribution in [0.5, 0.6) is 0 Å². The summed E-state index contributed by atoms with van der Waals surface area (Å²) in [6.45, 7) is -0.495. The lowest BCUT2D eigenvalue weighted by atomic mass is 10.1. The maximum absolute atomic E-state index is 13.9. The summed E-state index contributed by atoms with van der Waals surface area (Å²) in [6, 6.07) is 0.759. The summed E-state index contributed by atoms with van der Waals surface area (Å²) in [6.07, 6.45) is -3.56. The van der Waals surface area contributed by atoms with Crippen molar-refractivity contribution in [3.8, 4) is 0 Å². The molecule has 0 bridgehead atoms. The number of aliphatic hydroxyl groups excluding tert-OH is 3. The highest BCUT2D eigenvalue weighted by atomic mass is 32.1. The Morgan fingerprint density at radius 2 is 2.18 bits per heavy atom. The van der Waals surface area contributed by atoms with E-state index in [0.29, 0.717) is 0 Å². The Bertz CT molecular complexity index is 838. The molecule has 0 spiro atoms. The molecular weight excluding hydrogens is 317 g/mol. The molecule has 2 unspecified atom stereocenters. The highest BCUT2D eigenvalue weighted by Crippen LogP contribution is 2.30. The highest BCUT2D eigenvalue weighted by Gasteiger charge is 2.43. The maximum Gasteiger partial charge on any atom is 0.252 e. The lowest BCUT2D eigenvalue weighted by Gasteiger charge is -2.18. The Balaban J connectivity index is 2.14. The second kappa shape index (κ2) is 5.48. The van der Waals surface area contributed by atoms with Crippen molar-refractivity contribution in [2.75, 3.05) is 6.61 Å². The van der Waals surface area contributed by atoms with Crippen LogP contribution < -0.4 is 5.56 Å². The predicted molar refractivity (Wildman–Crippen MR) is 74.2 cm³/mol. The Kier molecular flexibility index (Phi) is 3.78. The van der Waals surface area contributed by atoms with E-state index in [1.165, 1.54) is 10.8 Å². The van der Waals surface area contributed by atoms with E-state index in [1.807, 2.05) is 0 Å². The van der Waals surface area contributed by atoms with Gasteiger partial charge < -0.3 is 25.0 Å². The molecule has 3 rings (SSSR count). The number of pyridine rings is 1. The third-order valence-corrected chi connectivity index (χ3v) is 3.80. The van der Waals surface area contributed by atoms with Gasteiger partial charge in [0.15, 0.2) is 6.23 Å². The van der Waals surface area contributed by atoms with Crippen LogP contribution in [0.1, 0.15) is 6.23 Å². The molecule has 0 aliphatic carbocycles. The standard InChI is InChI=1S/C12H12FN3O5S/c13-5-1-7(18)14-10-4(5)2-16(12(22)15-10)11-9(20)8(19)6(3-17)21-11/h1-2,6,8-9,11,17,19-20H,3H2,(H,14,15,18,22)/t6-,8?,9?,11-/m1/s1. The molecule has 22 heavy (non-hydrogen) atoms. The van der Waals surface area contributed by atoms with Crippen molar-refractivity contribution in [3.05, 3.63) is 33.2 Å². The maximum atomic E-state index is 13.9. The zero-order valence-electron chi connectivity index (χ0n) is 11.0. The number of aromatic nitrogens is 3. The van der Waals surface area contributed by atoms with Gasteiger partial charge in [-0.1, -0.05) is 0 Å². The van der Waals surface area contributed by atoms with Gasteiger partial charge in [-0.15, -0.1) is 0 Å². The van der Waals surface area contributed by atoms with Crippen molar-refractivity contribution < 1.29 is 24.4 Å². The molecular formula is C12H12FN3O5S. The molecule has 3 heterocycles. The number of ether oxygens (including phenoxy) is 1. The number of nitrogens with one attached hydrogen (secondary N) is 1. The molecule has 2 aromatic heterocycles. The predicted octanol–water partition coefficient (Wildman–Crippen LogP) is -0.795. The van der Waals surface area contributed by atoms with E-state index in [9.17, 15) is 19.4 Å². The molecule has 0 aromatic carbocycles. The molecule has 4 atom stereocenters. The fraction of sp³-hybridized carbons (Fsp3) is 0.417. The van der Waals surface area contributed by atoms with Gasteiger partial charge in [0.05, 0.1) is 12.0 Å². The van der Waals surface area contributed by atoms with Crippen LogP contribution in [-0.2, 0) is 4.74 Å². The Morgan fingerprint density at radius 3 is 2.82 bits per heavy atom. The lowest BCUT2D eigenvalue weighted by molar-refractivity contribution is -0.0539. The van der Waals surface area contributed by atoms with Crippen molar-refractivity contribution >= 4 is 23.3 Å². The number of H-pyrrole nitrogens is 1. The fourth-order valence-electron chi connectivity index (χ4n) is 2.38. The number of rotatable bonds is 2. The van der Waals surface area contributed by atoms with Gasteiger partial charge in [-0.3, -0.25) is 9.36 Å². The van der Waals surface area contributed by atoms with Crippen LogP contribution >= 0.6 is 12.2 Å². The Labute approximate surface area is 127 Å². The third-order valence-electron chi connectivity index (χ3n) is 3.50. The molecule has 8 nitrogen and oxygen atoms in total. The number of aromatic amines is 1.